The Balaban J connectivity index is 1.75. The Morgan fingerprint density at radius 2 is 2.00 bits per heavy atom. The number of carbonyl (C=O) groups excluding carboxylic acids is 1. The van der Waals surface area contributed by atoms with Gasteiger partial charge in [-0.3, -0.25) is 9.59 Å². The van der Waals surface area contributed by atoms with Crippen molar-refractivity contribution in [3.05, 3.63) is 58.3 Å². The lowest BCUT2D eigenvalue weighted by Crippen LogP contribution is -2.36. The summed E-state index contributed by atoms with van der Waals surface area (Å²) in [4.78, 5) is 32.2. The topological polar surface area (TPSA) is 66.1 Å². The molecule has 1 spiro atoms. The van der Waals surface area contributed by atoms with Crippen LogP contribution in [0.15, 0.2) is 41.5 Å². The number of H-pyrrole nitrogens is 1. The zero-order chi connectivity index (χ0) is 15.2. The van der Waals surface area contributed by atoms with Crippen molar-refractivity contribution < 1.29 is 4.79 Å². The molecule has 2 heterocycles. The number of rotatable bonds is 1. The molecular formula is C17H17N3O2. The van der Waals surface area contributed by atoms with E-state index in [1.165, 1.54) is 24.6 Å². The van der Waals surface area contributed by atoms with Crippen LogP contribution in [0.3, 0.4) is 0 Å². The number of nitrogens with zero attached hydrogens (tertiary/aromatic N) is 2. The number of fused-ring (bicyclic) bond motifs is 2. The Morgan fingerprint density at radius 1 is 1.23 bits per heavy atom. The molecule has 2 aromatic rings. The molecule has 22 heavy (non-hydrogen) atoms. The van der Waals surface area contributed by atoms with Gasteiger partial charge < -0.3 is 9.88 Å². The third-order valence-corrected chi connectivity index (χ3v) is 4.92. The fourth-order valence-electron chi connectivity index (χ4n) is 3.89. The van der Waals surface area contributed by atoms with Gasteiger partial charge in [-0.2, -0.15) is 0 Å². The molecule has 0 atom stereocenters. The van der Waals surface area contributed by atoms with Crippen LogP contribution in [0.25, 0.3) is 0 Å². The maximum absolute atomic E-state index is 12.8. The van der Waals surface area contributed by atoms with Crippen molar-refractivity contribution in [2.24, 2.45) is 0 Å². The van der Waals surface area contributed by atoms with Gasteiger partial charge in [0.25, 0.3) is 11.5 Å². The van der Waals surface area contributed by atoms with E-state index < -0.39 is 0 Å². The maximum atomic E-state index is 12.8. The molecule has 1 N–H and O–H groups in total. The van der Waals surface area contributed by atoms with Crippen molar-refractivity contribution >= 4 is 11.6 Å². The smallest absolute Gasteiger partial charge is 0.278 e. The largest absolute Gasteiger partial charge is 0.325 e. The van der Waals surface area contributed by atoms with E-state index in [9.17, 15) is 9.59 Å². The zero-order valence-corrected chi connectivity index (χ0v) is 12.2. The minimum absolute atomic E-state index is 0.106. The van der Waals surface area contributed by atoms with E-state index in [-0.39, 0.29) is 22.6 Å². The van der Waals surface area contributed by atoms with Gasteiger partial charge in [0.2, 0.25) is 0 Å². The summed E-state index contributed by atoms with van der Waals surface area (Å²) in [5.41, 5.74) is 2.36. The summed E-state index contributed by atoms with van der Waals surface area (Å²) in [5, 5.41) is 0. The predicted molar refractivity (Wildman–Crippen MR) is 83.1 cm³/mol. The van der Waals surface area contributed by atoms with Crippen LogP contribution >= 0.6 is 0 Å². The van der Waals surface area contributed by atoms with Gasteiger partial charge in [0.15, 0.2) is 0 Å². The molecule has 1 fully saturated rings. The molecule has 0 saturated heterocycles. The van der Waals surface area contributed by atoms with E-state index in [4.69, 9.17) is 0 Å². The Bertz CT molecular complexity index is 770. The minimum Gasteiger partial charge on any atom is -0.325 e. The maximum Gasteiger partial charge on any atom is 0.278 e. The van der Waals surface area contributed by atoms with Gasteiger partial charge in [0, 0.05) is 23.8 Å². The van der Waals surface area contributed by atoms with Crippen LogP contribution in [0.5, 0.6) is 0 Å². The van der Waals surface area contributed by atoms with Gasteiger partial charge in [-0.1, -0.05) is 31.0 Å². The molecule has 0 radical (unpaired) electrons. The SMILES string of the molecule is O=C(c1c[nH]c(=O)cn1)N1CC2(CCCC2)c2ccccc21. The Labute approximate surface area is 128 Å². The van der Waals surface area contributed by atoms with Gasteiger partial charge in [-0.05, 0) is 24.5 Å². The summed E-state index contributed by atoms with van der Waals surface area (Å²) in [6, 6.07) is 8.17. The lowest BCUT2D eigenvalue weighted by molar-refractivity contribution is 0.0979. The van der Waals surface area contributed by atoms with Crippen LogP contribution in [0.1, 0.15) is 41.7 Å². The summed E-state index contributed by atoms with van der Waals surface area (Å²) in [6.45, 7) is 0.714. The van der Waals surface area contributed by atoms with E-state index in [2.05, 4.69) is 16.0 Å². The van der Waals surface area contributed by atoms with Gasteiger partial charge >= 0.3 is 0 Å². The Kier molecular flexibility index (Phi) is 2.89. The first-order valence-corrected chi connectivity index (χ1v) is 7.66. The first-order chi connectivity index (χ1) is 10.7. The third kappa shape index (κ3) is 1.89. The van der Waals surface area contributed by atoms with Gasteiger partial charge in [0.1, 0.15) is 5.69 Å². The second kappa shape index (κ2) is 4.80. The van der Waals surface area contributed by atoms with Crippen molar-refractivity contribution in [2.45, 2.75) is 31.1 Å². The molecule has 1 aliphatic heterocycles. The normalized spacial score (nSPS) is 18.6. The molecule has 112 valence electrons. The molecule has 2 aliphatic rings. The monoisotopic (exact) mass is 295 g/mol. The van der Waals surface area contributed by atoms with Gasteiger partial charge in [-0.25, -0.2) is 4.98 Å². The summed E-state index contributed by atoms with van der Waals surface area (Å²) in [6.07, 6.45) is 7.24. The van der Waals surface area contributed by atoms with Crippen molar-refractivity contribution in [1.29, 1.82) is 0 Å². The van der Waals surface area contributed by atoms with Crippen LogP contribution in [0, 0.1) is 0 Å². The average Bonchev–Trinajstić information content (AvgIpc) is 3.15. The van der Waals surface area contributed by atoms with Crippen molar-refractivity contribution in [1.82, 2.24) is 9.97 Å². The number of hydrogen-bond donors (Lipinski definition) is 1. The minimum atomic E-state index is -0.300. The summed E-state index contributed by atoms with van der Waals surface area (Å²) < 4.78 is 0. The highest BCUT2D eigenvalue weighted by Gasteiger charge is 2.46. The van der Waals surface area contributed by atoms with E-state index in [1.807, 2.05) is 23.1 Å². The molecule has 1 amide bonds. The summed E-state index contributed by atoms with van der Waals surface area (Å²) in [5.74, 6) is -0.146. The highest BCUT2D eigenvalue weighted by molar-refractivity contribution is 6.06. The first-order valence-electron chi connectivity index (χ1n) is 7.66. The van der Waals surface area contributed by atoms with Crippen LogP contribution in [0.4, 0.5) is 5.69 Å². The molecule has 1 aromatic carbocycles. The van der Waals surface area contributed by atoms with Gasteiger partial charge in [0.05, 0.1) is 6.20 Å². The molecule has 5 nitrogen and oxygen atoms in total. The Hall–Kier alpha value is -2.43. The third-order valence-electron chi connectivity index (χ3n) is 4.92. The summed E-state index contributed by atoms with van der Waals surface area (Å²) in [7, 11) is 0. The number of para-hydroxylation sites is 1. The molecule has 1 aromatic heterocycles. The molecule has 1 aliphatic carbocycles. The number of carbonyl (C=O) groups is 1. The number of hydrogen-bond acceptors (Lipinski definition) is 3. The molecule has 5 heteroatoms. The standard InChI is InChI=1S/C17H17N3O2/c21-15-10-18-13(9-19-15)16(22)20-11-17(7-3-4-8-17)12-5-1-2-6-14(12)20/h1-2,5-6,9-10H,3-4,7-8,11H2,(H,19,21). The summed E-state index contributed by atoms with van der Waals surface area (Å²) >= 11 is 0. The molecule has 4 rings (SSSR count). The number of benzene rings is 1. The number of anilines is 1. The molecule has 0 unspecified atom stereocenters. The highest BCUT2D eigenvalue weighted by Crippen LogP contribution is 2.50. The van der Waals surface area contributed by atoms with Gasteiger partial charge in [-0.15, -0.1) is 0 Å². The average molecular weight is 295 g/mol. The molecule has 1 saturated carbocycles. The number of amides is 1. The van der Waals surface area contributed by atoms with E-state index in [0.717, 1.165) is 24.7 Å². The van der Waals surface area contributed by atoms with Crippen molar-refractivity contribution in [2.75, 3.05) is 11.4 Å². The van der Waals surface area contributed by atoms with E-state index in [1.54, 1.807) is 0 Å². The molecular weight excluding hydrogens is 278 g/mol. The zero-order valence-electron chi connectivity index (χ0n) is 12.2. The van der Waals surface area contributed by atoms with Crippen LogP contribution in [-0.4, -0.2) is 22.4 Å². The van der Waals surface area contributed by atoms with Crippen LogP contribution in [-0.2, 0) is 5.41 Å². The second-order valence-corrected chi connectivity index (χ2v) is 6.19. The quantitative estimate of drug-likeness (QED) is 0.877. The number of aromatic nitrogens is 2. The Morgan fingerprint density at radius 3 is 2.73 bits per heavy atom. The van der Waals surface area contributed by atoms with Crippen LogP contribution in [0.2, 0.25) is 0 Å². The van der Waals surface area contributed by atoms with Crippen molar-refractivity contribution in [3.63, 3.8) is 0 Å². The number of aromatic amines is 1. The molecule has 0 bridgehead atoms. The lowest BCUT2D eigenvalue weighted by atomic mass is 9.81. The first kappa shape index (κ1) is 13.2. The van der Waals surface area contributed by atoms with E-state index in [0.29, 0.717) is 6.54 Å². The highest BCUT2D eigenvalue weighted by atomic mass is 16.2. The lowest BCUT2D eigenvalue weighted by Gasteiger charge is -2.24. The fraction of sp³-hybridized carbons (Fsp3) is 0.353. The van der Waals surface area contributed by atoms with Crippen LogP contribution < -0.4 is 10.5 Å². The number of nitrogens with one attached hydrogen (secondary N) is 1. The fourth-order valence-corrected chi connectivity index (χ4v) is 3.89. The van der Waals surface area contributed by atoms with E-state index >= 15 is 0 Å². The second-order valence-electron chi connectivity index (χ2n) is 6.19. The van der Waals surface area contributed by atoms with Crippen molar-refractivity contribution in [3.8, 4) is 0 Å². The predicted octanol–water partition coefficient (Wildman–Crippen LogP) is 2.24.